The van der Waals surface area contributed by atoms with Gasteiger partial charge in [0, 0.05) is 12.1 Å². The fraction of sp³-hybridized carbons (Fsp3) is 0.333. The number of rotatable bonds is 3. The molecule has 1 aromatic carbocycles. The van der Waals surface area contributed by atoms with Crippen LogP contribution in [0.25, 0.3) is 11.4 Å². The van der Waals surface area contributed by atoms with E-state index in [9.17, 15) is 13.2 Å². The van der Waals surface area contributed by atoms with Crippen molar-refractivity contribution in [3.8, 4) is 17.1 Å². The smallest absolute Gasteiger partial charge is 0.416 e. The van der Waals surface area contributed by atoms with E-state index in [0.29, 0.717) is 17.1 Å². The average Bonchev–Trinajstić information content (AvgIpc) is 3.00. The third-order valence-electron chi connectivity index (χ3n) is 3.42. The summed E-state index contributed by atoms with van der Waals surface area (Å²) in [7, 11) is 0. The van der Waals surface area contributed by atoms with Crippen molar-refractivity contribution in [3.05, 3.63) is 42.2 Å². The summed E-state index contributed by atoms with van der Waals surface area (Å²) >= 11 is 0. The molecule has 1 fully saturated rings. The molecule has 116 valence electrons. The Hall–Kier alpha value is -2.15. The number of hydrogen-bond donors (Lipinski definition) is 1. The molecule has 0 amide bonds. The number of alkyl halides is 3. The molecule has 0 saturated carbocycles. The molecular formula is C15H14F3N3O. The zero-order valence-electron chi connectivity index (χ0n) is 11.6. The van der Waals surface area contributed by atoms with Gasteiger partial charge in [-0.3, -0.25) is 0 Å². The maximum Gasteiger partial charge on any atom is 0.416 e. The fourth-order valence-corrected chi connectivity index (χ4v) is 2.26. The van der Waals surface area contributed by atoms with E-state index in [1.54, 1.807) is 12.4 Å². The van der Waals surface area contributed by atoms with Crippen molar-refractivity contribution >= 4 is 0 Å². The van der Waals surface area contributed by atoms with Crippen molar-refractivity contribution in [1.82, 2.24) is 15.3 Å². The summed E-state index contributed by atoms with van der Waals surface area (Å²) in [4.78, 5) is 8.29. The number of hydrogen-bond acceptors (Lipinski definition) is 4. The molecule has 2 heterocycles. The maximum absolute atomic E-state index is 12.5. The first-order valence-corrected chi connectivity index (χ1v) is 6.89. The van der Waals surface area contributed by atoms with Crippen molar-refractivity contribution in [2.75, 3.05) is 13.1 Å². The molecule has 1 N–H and O–H groups in total. The molecule has 7 heteroatoms. The first kappa shape index (κ1) is 14.8. The molecule has 2 aromatic rings. The molecule has 1 atom stereocenters. The number of aromatic nitrogens is 2. The van der Waals surface area contributed by atoms with Gasteiger partial charge in [-0.15, -0.1) is 0 Å². The van der Waals surface area contributed by atoms with Crippen LogP contribution in [0, 0.1) is 0 Å². The first-order valence-electron chi connectivity index (χ1n) is 6.89. The van der Waals surface area contributed by atoms with Gasteiger partial charge in [-0.1, -0.05) is 12.1 Å². The quantitative estimate of drug-likeness (QED) is 0.947. The van der Waals surface area contributed by atoms with Crippen molar-refractivity contribution in [2.24, 2.45) is 0 Å². The van der Waals surface area contributed by atoms with Gasteiger partial charge in [-0.2, -0.15) is 13.2 Å². The van der Waals surface area contributed by atoms with Crippen LogP contribution in [-0.4, -0.2) is 29.2 Å². The van der Waals surface area contributed by atoms with Crippen LogP contribution in [-0.2, 0) is 6.18 Å². The zero-order valence-corrected chi connectivity index (χ0v) is 11.6. The lowest BCUT2D eigenvalue weighted by Gasteiger charge is -2.12. The average molecular weight is 309 g/mol. The summed E-state index contributed by atoms with van der Waals surface area (Å²) < 4.78 is 43.2. The van der Waals surface area contributed by atoms with Crippen LogP contribution < -0.4 is 10.1 Å². The lowest BCUT2D eigenvalue weighted by atomic mass is 10.1. The number of nitrogens with zero attached hydrogens (tertiary/aromatic N) is 2. The molecule has 1 aromatic heterocycles. The fourth-order valence-electron chi connectivity index (χ4n) is 2.26. The largest absolute Gasteiger partial charge is 0.486 e. The first-order chi connectivity index (χ1) is 10.5. The van der Waals surface area contributed by atoms with Crippen molar-refractivity contribution in [3.63, 3.8) is 0 Å². The van der Waals surface area contributed by atoms with Crippen LogP contribution in [0.2, 0.25) is 0 Å². The van der Waals surface area contributed by atoms with E-state index in [1.165, 1.54) is 12.1 Å². The minimum absolute atomic E-state index is 0.112. The highest BCUT2D eigenvalue weighted by molar-refractivity contribution is 5.55. The number of ether oxygens (including phenoxy) is 1. The summed E-state index contributed by atoms with van der Waals surface area (Å²) in [5.41, 5.74) is -0.160. The lowest BCUT2D eigenvalue weighted by molar-refractivity contribution is -0.137. The molecule has 1 aliphatic rings. The van der Waals surface area contributed by atoms with Gasteiger partial charge in [0.2, 0.25) is 0 Å². The van der Waals surface area contributed by atoms with Gasteiger partial charge < -0.3 is 10.1 Å². The van der Waals surface area contributed by atoms with Crippen molar-refractivity contribution < 1.29 is 17.9 Å². The highest BCUT2D eigenvalue weighted by Gasteiger charge is 2.30. The molecule has 3 rings (SSSR count). The molecule has 0 aliphatic carbocycles. The minimum Gasteiger partial charge on any atom is -0.486 e. The predicted octanol–water partition coefficient (Wildman–Crippen LogP) is 2.90. The molecule has 0 radical (unpaired) electrons. The van der Waals surface area contributed by atoms with Gasteiger partial charge in [0.1, 0.15) is 6.10 Å². The summed E-state index contributed by atoms with van der Waals surface area (Å²) in [6.45, 7) is 1.72. The van der Waals surface area contributed by atoms with Gasteiger partial charge in [0.05, 0.1) is 18.0 Å². The summed E-state index contributed by atoms with van der Waals surface area (Å²) in [5, 5.41) is 3.19. The maximum atomic E-state index is 12.5. The van der Waals surface area contributed by atoms with Crippen LogP contribution in [0.1, 0.15) is 12.0 Å². The Kier molecular flexibility index (Phi) is 3.98. The Morgan fingerprint density at radius 3 is 2.32 bits per heavy atom. The van der Waals surface area contributed by atoms with E-state index >= 15 is 0 Å². The third-order valence-corrected chi connectivity index (χ3v) is 3.42. The van der Waals surface area contributed by atoms with Gasteiger partial charge in [0.15, 0.2) is 11.6 Å². The molecule has 1 unspecified atom stereocenters. The van der Waals surface area contributed by atoms with Crippen LogP contribution in [0.4, 0.5) is 13.2 Å². The summed E-state index contributed by atoms with van der Waals surface area (Å²) in [5.74, 6) is 0.926. The lowest BCUT2D eigenvalue weighted by Crippen LogP contribution is -2.19. The normalized spacial score (nSPS) is 18.4. The minimum atomic E-state index is -4.34. The van der Waals surface area contributed by atoms with E-state index in [-0.39, 0.29) is 6.10 Å². The summed E-state index contributed by atoms with van der Waals surface area (Å²) in [6, 6.07) is 4.76. The molecule has 1 aliphatic heterocycles. The topological polar surface area (TPSA) is 47.0 Å². The molecule has 0 spiro atoms. The Balaban J connectivity index is 1.72. The monoisotopic (exact) mass is 309 g/mol. The number of nitrogens with one attached hydrogen (secondary N) is 1. The molecule has 0 bridgehead atoms. The predicted molar refractivity (Wildman–Crippen MR) is 74.4 cm³/mol. The second kappa shape index (κ2) is 5.92. The van der Waals surface area contributed by atoms with Crippen molar-refractivity contribution in [1.29, 1.82) is 0 Å². The van der Waals surface area contributed by atoms with Crippen LogP contribution >= 0.6 is 0 Å². The van der Waals surface area contributed by atoms with Gasteiger partial charge >= 0.3 is 6.18 Å². The van der Waals surface area contributed by atoms with Gasteiger partial charge in [-0.05, 0) is 25.1 Å². The highest BCUT2D eigenvalue weighted by Crippen LogP contribution is 2.30. The summed E-state index contributed by atoms with van der Waals surface area (Å²) in [6.07, 6.45) is -0.218. The molecule has 22 heavy (non-hydrogen) atoms. The highest BCUT2D eigenvalue weighted by atomic mass is 19.4. The van der Waals surface area contributed by atoms with Crippen molar-refractivity contribution in [2.45, 2.75) is 18.7 Å². The van der Waals surface area contributed by atoms with Crippen LogP contribution in [0.5, 0.6) is 5.75 Å². The Labute approximate surface area is 125 Å². The zero-order chi connectivity index (χ0) is 15.6. The van der Waals surface area contributed by atoms with E-state index < -0.39 is 11.7 Å². The van der Waals surface area contributed by atoms with Crippen LogP contribution in [0.15, 0.2) is 36.7 Å². The van der Waals surface area contributed by atoms with Gasteiger partial charge in [-0.25, -0.2) is 9.97 Å². The molecule has 4 nitrogen and oxygen atoms in total. The molecular weight excluding hydrogens is 295 g/mol. The van der Waals surface area contributed by atoms with Crippen LogP contribution in [0.3, 0.4) is 0 Å². The second-order valence-electron chi connectivity index (χ2n) is 5.05. The molecule has 1 saturated heterocycles. The van der Waals surface area contributed by atoms with E-state index in [1.807, 2.05) is 0 Å². The Bertz CT molecular complexity index is 620. The van der Waals surface area contributed by atoms with E-state index in [2.05, 4.69) is 15.3 Å². The van der Waals surface area contributed by atoms with E-state index in [4.69, 9.17) is 4.74 Å². The third kappa shape index (κ3) is 3.36. The number of benzene rings is 1. The number of halogens is 3. The SMILES string of the molecule is FC(F)(F)c1ccc(-c2ncc(OC3CCNC3)cn2)cc1. The second-order valence-corrected chi connectivity index (χ2v) is 5.05. The standard InChI is InChI=1S/C15H14F3N3O/c16-15(17,18)11-3-1-10(2-4-11)14-20-8-13(9-21-14)22-12-5-6-19-7-12/h1-4,8-9,12,19H,5-7H2. The Morgan fingerprint density at radius 2 is 1.77 bits per heavy atom. The van der Waals surface area contributed by atoms with Gasteiger partial charge in [0.25, 0.3) is 0 Å². The van der Waals surface area contributed by atoms with E-state index in [0.717, 1.165) is 31.6 Å². The Morgan fingerprint density at radius 1 is 1.09 bits per heavy atom.